The van der Waals surface area contributed by atoms with Crippen molar-refractivity contribution in [3.8, 4) is 5.75 Å². The van der Waals surface area contributed by atoms with Gasteiger partial charge >= 0.3 is 0 Å². The van der Waals surface area contributed by atoms with Crippen LogP contribution in [0, 0.1) is 5.41 Å². The zero-order valence-corrected chi connectivity index (χ0v) is 20.4. The van der Waals surface area contributed by atoms with Crippen LogP contribution in [0.5, 0.6) is 5.75 Å². The Hall–Kier alpha value is -3.86. The number of carbonyl (C=O) groups excluding carboxylic acids is 2. The van der Waals surface area contributed by atoms with E-state index in [2.05, 4.69) is 19.2 Å². The number of rotatable bonds is 4. The number of ether oxygens (including phenoxy) is 1. The van der Waals surface area contributed by atoms with Gasteiger partial charge in [-0.15, -0.1) is 0 Å². The number of nitrogens with one attached hydrogen (secondary N) is 1. The van der Waals surface area contributed by atoms with Crippen molar-refractivity contribution in [1.29, 1.82) is 0 Å². The third-order valence-electron chi connectivity index (χ3n) is 6.65. The second kappa shape index (κ2) is 9.06. The second-order valence-corrected chi connectivity index (χ2v) is 9.89. The molecule has 1 atom stereocenters. The van der Waals surface area contributed by atoms with Crippen LogP contribution < -0.4 is 15.0 Å². The van der Waals surface area contributed by atoms with Gasteiger partial charge in [-0.1, -0.05) is 62.4 Å². The van der Waals surface area contributed by atoms with Crippen LogP contribution in [0.2, 0.25) is 0 Å². The van der Waals surface area contributed by atoms with Crippen molar-refractivity contribution in [3.63, 3.8) is 0 Å². The van der Waals surface area contributed by atoms with Gasteiger partial charge in [0.25, 0.3) is 5.91 Å². The monoisotopic (exact) mass is 466 g/mol. The Bertz CT molecular complexity index is 1310. The fraction of sp³-hybridized carbons (Fsp3) is 0.267. The fourth-order valence-corrected chi connectivity index (χ4v) is 5.22. The first-order valence-electron chi connectivity index (χ1n) is 12.1. The summed E-state index contributed by atoms with van der Waals surface area (Å²) in [5.41, 5.74) is 4.24. The van der Waals surface area contributed by atoms with Crippen LogP contribution in [-0.4, -0.2) is 18.3 Å². The van der Waals surface area contributed by atoms with Crippen LogP contribution in [0.1, 0.15) is 55.6 Å². The van der Waals surface area contributed by atoms with E-state index < -0.39 is 6.04 Å². The Kier molecular flexibility index (Phi) is 5.93. The van der Waals surface area contributed by atoms with Gasteiger partial charge in [-0.3, -0.25) is 14.5 Å². The Morgan fingerprint density at radius 1 is 0.971 bits per heavy atom. The van der Waals surface area contributed by atoms with E-state index in [0.717, 1.165) is 22.6 Å². The van der Waals surface area contributed by atoms with Gasteiger partial charge < -0.3 is 10.1 Å². The molecule has 5 rings (SSSR count). The minimum absolute atomic E-state index is 0.0544. The van der Waals surface area contributed by atoms with E-state index in [1.54, 1.807) is 4.90 Å². The van der Waals surface area contributed by atoms with Crippen molar-refractivity contribution in [3.05, 3.63) is 101 Å². The largest absolute Gasteiger partial charge is 0.494 e. The normalized spacial score (nSPS) is 18.8. The summed E-state index contributed by atoms with van der Waals surface area (Å²) in [6, 6.07) is 24.1. The highest BCUT2D eigenvalue weighted by Gasteiger charge is 2.44. The van der Waals surface area contributed by atoms with Crippen molar-refractivity contribution in [1.82, 2.24) is 0 Å². The van der Waals surface area contributed by atoms with E-state index >= 15 is 0 Å². The Morgan fingerprint density at radius 3 is 2.43 bits per heavy atom. The standard InChI is InChI=1S/C30H30N2O3/c1-4-35-26-17-11-8-14-21(26)28-27-23(18-30(2,3)19-25(27)33)31-22-15-9-10-16-24(22)32(28)29(34)20-12-6-5-7-13-20/h5-17,28,31H,4,18-19H2,1-3H3/t28-/m1/s1. The average Bonchev–Trinajstić information content (AvgIpc) is 2.98. The molecule has 1 amide bonds. The molecule has 0 spiro atoms. The molecule has 178 valence electrons. The third kappa shape index (κ3) is 4.23. The number of ketones is 1. The second-order valence-electron chi connectivity index (χ2n) is 9.89. The number of amides is 1. The maximum atomic E-state index is 14.2. The smallest absolute Gasteiger partial charge is 0.259 e. The molecule has 0 saturated heterocycles. The molecule has 1 heterocycles. The van der Waals surface area contributed by atoms with Gasteiger partial charge in [0.05, 0.1) is 24.0 Å². The van der Waals surface area contributed by atoms with Gasteiger partial charge in [0.2, 0.25) is 0 Å². The molecule has 3 aromatic rings. The van der Waals surface area contributed by atoms with Gasteiger partial charge in [-0.25, -0.2) is 0 Å². The molecule has 0 bridgehead atoms. The Labute approximate surface area is 206 Å². The molecular formula is C30H30N2O3. The van der Waals surface area contributed by atoms with Crippen LogP contribution in [-0.2, 0) is 4.79 Å². The quantitative estimate of drug-likeness (QED) is 0.474. The number of nitrogens with zero attached hydrogens (tertiary/aromatic N) is 1. The van der Waals surface area contributed by atoms with Crippen LogP contribution >= 0.6 is 0 Å². The van der Waals surface area contributed by atoms with Crippen molar-refractivity contribution in [2.75, 3.05) is 16.8 Å². The molecule has 0 unspecified atom stereocenters. The summed E-state index contributed by atoms with van der Waals surface area (Å²) in [6.45, 7) is 6.65. The molecule has 5 nitrogen and oxygen atoms in total. The first-order chi connectivity index (χ1) is 16.9. The molecular weight excluding hydrogens is 436 g/mol. The third-order valence-corrected chi connectivity index (χ3v) is 6.65. The van der Waals surface area contributed by atoms with Crippen LogP contribution in [0.15, 0.2) is 90.1 Å². The van der Waals surface area contributed by atoms with Crippen molar-refractivity contribution >= 4 is 23.1 Å². The van der Waals surface area contributed by atoms with Crippen LogP contribution in [0.3, 0.4) is 0 Å². The molecule has 0 aromatic heterocycles. The highest BCUT2D eigenvalue weighted by Crippen LogP contribution is 2.50. The molecule has 0 radical (unpaired) electrons. The van der Waals surface area contributed by atoms with Gasteiger partial charge in [0.15, 0.2) is 5.78 Å². The number of hydrogen-bond acceptors (Lipinski definition) is 4. The van der Waals surface area contributed by atoms with Gasteiger partial charge in [-0.2, -0.15) is 0 Å². The minimum atomic E-state index is -0.625. The lowest BCUT2D eigenvalue weighted by molar-refractivity contribution is -0.118. The Balaban J connectivity index is 1.82. The molecule has 1 N–H and O–H groups in total. The number of Topliss-reactive ketones (excluding diaryl/α,β-unsaturated/α-hetero) is 1. The number of hydrogen-bond donors (Lipinski definition) is 1. The van der Waals surface area contributed by atoms with E-state index in [0.29, 0.717) is 36.3 Å². The molecule has 2 aliphatic rings. The maximum absolute atomic E-state index is 14.2. The lowest BCUT2D eigenvalue weighted by atomic mass is 9.73. The summed E-state index contributed by atoms with van der Waals surface area (Å²) in [7, 11) is 0. The number of carbonyl (C=O) groups is 2. The maximum Gasteiger partial charge on any atom is 0.259 e. The van der Waals surface area contributed by atoms with E-state index in [1.165, 1.54) is 0 Å². The molecule has 5 heteroatoms. The highest BCUT2D eigenvalue weighted by atomic mass is 16.5. The molecule has 0 saturated carbocycles. The summed E-state index contributed by atoms with van der Waals surface area (Å²) < 4.78 is 6.02. The highest BCUT2D eigenvalue weighted by molar-refractivity contribution is 6.12. The summed E-state index contributed by atoms with van der Waals surface area (Å²) in [5.74, 6) is 0.566. The number of fused-ring (bicyclic) bond motifs is 1. The summed E-state index contributed by atoms with van der Waals surface area (Å²) in [4.78, 5) is 29.8. The van der Waals surface area contributed by atoms with E-state index in [4.69, 9.17) is 4.74 Å². The SMILES string of the molecule is CCOc1ccccc1[C@@H]1C2=C(CC(C)(C)CC2=O)Nc2ccccc2N1C(=O)c1ccccc1. The Morgan fingerprint density at radius 2 is 1.66 bits per heavy atom. The topological polar surface area (TPSA) is 58.6 Å². The summed E-state index contributed by atoms with van der Waals surface area (Å²) >= 11 is 0. The number of anilines is 2. The van der Waals surface area contributed by atoms with Gasteiger partial charge in [0.1, 0.15) is 5.75 Å². The van der Waals surface area contributed by atoms with E-state index in [-0.39, 0.29) is 17.1 Å². The summed E-state index contributed by atoms with van der Waals surface area (Å²) in [5, 5.41) is 3.56. The van der Waals surface area contributed by atoms with Crippen molar-refractivity contribution < 1.29 is 14.3 Å². The molecule has 1 aliphatic heterocycles. The van der Waals surface area contributed by atoms with E-state index in [9.17, 15) is 9.59 Å². The zero-order chi connectivity index (χ0) is 24.6. The zero-order valence-electron chi connectivity index (χ0n) is 20.4. The average molecular weight is 467 g/mol. The minimum Gasteiger partial charge on any atom is -0.494 e. The molecule has 0 fully saturated rings. The predicted octanol–water partition coefficient (Wildman–Crippen LogP) is 6.54. The lowest BCUT2D eigenvalue weighted by Gasteiger charge is -2.37. The van der Waals surface area contributed by atoms with Gasteiger partial charge in [-0.05, 0) is 49.1 Å². The lowest BCUT2D eigenvalue weighted by Crippen LogP contribution is -2.39. The first kappa shape index (κ1) is 22.9. The molecule has 35 heavy (non-hydrogen) atoms. The van der Waals surface area contributed by atoms with Crippen LogP contribution in [0.25, 0.3) is 0 Å². The number of allylic oxidation sites excluding steroid dienone is 1. The van der Waals surface area contributed by atoms with Crippen molar-refractivity contribution in [2.45, 2.75) is 39.7 Å². The fourth-order valence-electron chi connectivity index (χ4n) is 5.22. The number of para-hydroxylation sites is 3. The summed E-state index contributed by atoms with van der Waals surface area (Å²) in [6.07, 6.45) is 1.13. The molecule has 3 aromatic carbocycles. The van der Waals surface area contributed by atoms with Gasteiger partial charge in [0, 0.05) is 28.8 Å². The van der Waals surface area contributed by atoms with Crippen molar-refractivity contribution in [2.24, 2.45) is 5.41 Å². The van der Waals surface area contributed by atoms with E-state index in [1.807, 2.05) is 85.8 Å². The first-order valence-corrected chi connectivity index (χ1v) is 12.1. The van der Waals surface area contributed by atoms with Crippen LogP contribution in [0.4, 0.5) is 11.4 Å². The number of benzene rings is 3. The molecule has 1 aliphatic carbocycles. The predicted molar refractivity (Wildman–Crippen MR) is 139 cm³/mol.